The topological polar surface area (TPSA) is 32.7 Å². The van der Waals surface area contributed by atoms with Gasteiger partial charge in [0.2, 0.25) is 0 Å². The van der Waals surface area contributed by atoms with Crippen LogP contribution in [0.1, 0.15) is 28.2 Å². The summed E-state index contributed by atoms with van der Waals surface area (Å²) >= 11 is 0. The Morgan fingerprint density at radius 3 is 2.07 bits per heavy atom. The van der Waals surface area contributed by atoms with Gasteiger partial charge >= 0.3 is 0 Å². The van der Waals surface area contributed by atoms with Crippen molar-refractivity contribution in [2.45, 2.75) is 18.4 Å². The Bertz CT molecular complexity index is 890. The summed E-state index contributed by atoms with van der Waals surface area (Å²) in [7, 11) is 0. The van der Waals surface area contributed by atoms with Crippen LogP contribution in [0.15, 0.2) is 78.9 Å². The van der Waals surface area contributed by atoms with Gasteiger partial charge in [0.25, 0.3) is 0 Å². The average molecular weight is 406 g/mol. The monoisotopic (exact) mass is 405 g/mol. The number of morpholine rings is 1. The molecule has 0 radical (unpaired) electrons. The third kappa shape index (κ3) is 4.31. The highest BCUT2D eigenvalue weighted by Crippen LogP contribution is 2.43. The van der Waals surface area contributed by atoms with Crippen molar-refractivity contribution in [2.75, 3.05) is 32.8 Å². The fourth-order valence-electron chi connectivity index (χ4n) is 4.29. The van der Waals surface area contributed by atoms with Gasteiger partial charge in [0.15, 0.2) is 0 Å². The van der Waals surface area contributed by atoms with Gasteiger partial charge in [-0.2, -0.15) is 0 Å². The molecule has 0 aliphatic carbocycles. The minimum Gasteiger partial charge on any atom is -0.380 e. The third-order valence-corrected chi connectivity index (χ3v) is 6.03. The van der Waals surface area contributed by atoms with Crippen LogP contribution in [0, 0.1) is 12.7 Å². The molecular weight excluding hydrogens is 377 g/mol. The summed E-state index contributed by atoms with van der Waals surface area (Å²) in [4.78, 5) is 2.34. The molecule has 2 atom stereocenters. The molecule has 0 amide bonds. The predicted molar refractivity (Wildman–Crippen MR) is 117 cm³/mol. The Morgan fingerprint density at radius 2 is 1.47 bits per heavy atom. The first-order chi connectivity index (χ1) is 14.6. The molecule has 156 valence electrons. The molecule has 1 fully saturated rings. The molecule has 4 heteroatoms. The molecule has 0 bridgehead atoms. The summed E-state index contributed by atoms with van der Waals surface area (Å²) in [5.41, 5.74) is 2.37. The van der Waals surface area contributed by atoms with Crippen molar-refractivity contribution in [3.8, 4) is 0 Å². The highest BCUT2D eigenvalue weighted by Gasteiger charge is 2.42. The zero-order valence-electron chi connectivity index (χ0n) is 17.3. The summed E-state index contributed by atoms with van der Waals surface area (Å²) in [5, 5.41) is 12.4. The van der Waals surface area contributed by atoms with Crippen LogP contribution < -0.4 is 0 Å². The maximum absolute atomic E-state index is 13.7. The van der Waals surface area contributed by atoms with E-state index >= 15 is 0 Å². The van der Waals surface area contributed by atoms with Crippen LogP contribution >= 0.6 is 0 Å². The summed E-state index contributed by atoms with van der Waals surface area (Å²) in [6.07, 6.45) is 0. The van der Waals surface area contributed by atoms with E-state index in [0.29, 0.717) is 25.3 Å². The van der Waals surface area contributed by atoms with E-state index in [4.69, 9.17) is 4.74 Å². The zero-order valence-corrected chi connectivity index (χ0v) is 17.3. The number of halogens is 1. The van der Waals surface area contributed by atoms with Crippen molar-refractivity contribution < 1.29 is 14.2 Å². The molecule has 0 unspecified atom stereocenters. The summed E-state index contributed by atoms with van der Waals surface area (Å²) < 4.78 is 19.2. The van der Waals surface area contributed by atoms with Gasteiger partial charge in [-0.05, 0) is 35.7 Å². The van der Waals surface area contributed by atoms with E-state index in [1.54, 1.807) is 12.1 Å². The van der Waals surface area contributed by atoms with Crippen molar-refractivity contribution in [2.24, 2.45) is 0 Å². The second-order valence-electron chi connectivity index (χ2n) is 8.02. The van der Waals surface area contributed by atoms with Crippen molar-refractivity contribution in [1.82, 2.24) is 4.90 Å². The van der Waals surface area contributed by atoms with Crippen LogP contribution in [-0.4, -0.2) is 42.9 Å². The maximum Gasteiger partial charge on any atom is 0.123 e. The van der Waals surface area contributed by atoms with E-state index in [0.717, 1.165) is 29.8 Å². The lowest BCUT2D eigenvalue weighted by molar-refractivity contribution is 0.000740. The van der Waals surface area contributed by atoms with E-state index in [1.165, 1.54) is 12.1 Å². The van der Waals surface area contributed by atoms with Gasteiger partial charge in [0, 0.05) is 25.6 Å². The van der Waals surface area contributed by atoms with Gasteiger partial charge in [-0.1, -0.05) is 72.3 Å². The van der Waals surface area contributed by atoms with Crippen molar-refractivity contribution >= 4 is 0 Å². The van der Waals surface area contributed by atoms with Gasteiger partial charge in [0.1, 0.15) is 11.4 Å². The van der Waals surface area contributed by atoms with E-state index in [2.05, 4.69) is 17.0 Å². The summed E-state index contributed by atoms with van der Waals surface area (Å²) in [6, 6.07) is 24.3. The second kappa shape index (κ2) is 9.09. The number of benzene rings is 3. The molecule has 1 saturated heterocycles. The number of aliphatic hydroxyl groups is 1. The lowest BCUT2D eigenvalue weighted by atomic mass is 9.72. The largest absolute Gasteiger partial charge is 0.380 e. The highest BCUT2D eigenvalue weighted by molar-refractivity contribution is 5.43. The smallest absolute Gasteiger partial charge is 0.123 e. The second-order valence-corrected chi connectivity index (χ2v) is 8.02. The van der Waals surface area contributed by atoms with Crippen molar-refractivity contribution in [1.29, 1.82) is 0 Å². The molecule has 30 heavy (non-hydrogen) atoms. The molecule has 3 aromatic carbocycles. The van der Waals surface area contributed by atoms with Gasteiger partial charge in [-0.25, -0.2) is 4.39 Å². The summed E-state index contributed by atoms with van der Waals surface area (Å²) in [5.74, 6) is -0.542. The molecule has 3 aromatic rings. The van der Waals surface area contributed by atoms with Crippen LogP contribution in [0.25, 0.3) is 0 Å². The number of aryl methyl sites for hydroxylation is 1. The quantitative estimate of drug-likeness (QED) is 0.656. The van der Waals surface area contributed by atoms with Crippen molar-refractivity contribution in [3.63, 3.8) is 0 Å². The average Bonchev–Trinajstić information content (AvgIpc) is 2.79. The Hall–Kier alpha value is -2.53. The number of hydrogen-bond acceptors (Lipinski definition) is 3. The number of nitrogens with zero attached hydrogens (tertiary/aromatic N) is 1. The van der Waals surface area contributed by atoms with Gasteiger partial charge in [-0.15, -0.1) is 0 Å². The molecule has 1 aliphatic heterocycles. The lowest BCUT2D eigenvalue weighted by Crippen LogP contribution is -2.45. The van der Waals surface area contributed by atoms with Gasteiger partial charge < -0.3 is 9.84 Å². The molecule has 1 N–H and O–H groups in total. The molecule has 3 nitrogen and oxygen atoms in total. The first kappa shape index (κ1) is 20.7. The highest BCUT2D eigenvalue weighted by atomic mass is 19.1. The van der Waals surface area contributed by atoms with Crippen molar-refractivity contribution in [3.05, 3.63) is 107 Å². The first-order valence-electron chi connectivity index (χ1n) is 10.5. The number of hydrogen-bond donors (Lipinski definition) is 1. The Balaban J connectivity index is 1.85. The molecule has 0 aromatic heterocycles. The van der Waals surface area contributed by atoms with Gasteiger partial charge in [0.05, 0.1) is 13.2 Å². The van der Waals surface area contributed by atoms with E-state index in [-0.39, 0.29) is 11.7 Å². The normalized spacial score (nSPS) is 18.0. The third-order valence-electron chi connectivity index (χ3n) is 6.03. The van der Waals surface area contributed by atoms with Crippen LogP contribution in [0.2, 0.25) is 0 Å². The molecular formula is C26H28FNO2. The molecule has 0 spiro atoms. The van der Waals surface area contributed by atoms with E-state index in [9.17, 15) is 9.50 Å². The number of ether oxygens (including phenoxy) is 1. The SMILES string of the molecule is Cc1ccc([C@@](O)(c2ccc(F)cc2)[C@H](CN2CCOCC2)c2ccccc2)cc1. The lowest BCUT2D eigenvalue weighted by Gasteiger charge is -2.41. The zero-order chi connectivity index (χ0) is 21.0. The van der Waals surface area contributed by atoms with E-state index < -0.39 is 5.60 Å². The maximum atomic E-state index is 13.7. The van der Waals surface area contributed by atoms with Crippen LogP contribution in [0.4, 0.5) is 4.39 Å². The molecule has 1 aliphatic rings. The predicted octanol–water partition coefficient (Wildman–Crippen LogP) is 4.49. The minimum atomic E-state index is -1.30. The first-order valence-corrected chi connectivity index (χ1v) is 10.5. The number of rotatable bonds is 6. The van der Waals surface area contributed by atoms with Crippen LogP contribution in [0.5, 0.6) is 0 Å². The van der Waals surface area contributed by atoms with Gasteiger partial charge in [-0.3, -0.25) is 4.90 Å². The molecule has 0 saturated carbocycles. The Morgan fingerprint density at radius 1 is 0.900 bits per heavy atom. The molecule has 4 rings (SSSR count). The Kier molecular flexibility index (Phi) is 6.28. The van der Waals surface area contributed by atoms with Crippen LogP contribution in [-0.2, 0) is 10.3 Å². The summed E-state index contributed by atoms with van der Waals surface area (Å²) in [6.45, 7) is 5.76. The fraction of sp³-hybridized carbons (Fsp3) is 0.308. The molecule has 1 heterocycles. The van der Waals surface area contributed by atoms with Crippen LogP contribution in [0.3, 0.4) is 0 Å². The standard InChI is InChI=1S/C26H28FNO2/c1-20-7-9-22(10-8-20)26(29,23-11-13-24(27)14-12-23)25(21-5-3-2-4-6-21)19-28-15-17-30-18-16-28/h2-14,25,29H,15-19H2,1H3/t25-,26-/m1/s1. The Labute approximate surface area is 177 Å². The minimum absolute atomic E-state index is 0.232. The van der Waals surface area contributed by atoms with E-state index in [1.807, 2.05) is 49.4 Å². The fourth-order valence-corrected chi connectivity index (χ4v) is 4.29.